The van der Waals surface area contributed by atoms with Gasteiger partial charge in [-0.2, -0.15) is 5.26 Å². The van der Waals surface area contributed by atoms with Crippen LogP contribution < -0.4 is 4.74 Å². The molecule has 3 rings (SSSR count). The van der Waals surface area contributed by atoms with Crippen LogP contribution in [0.5, 0.6) is 11.5 Å². The lowest BCUT2D eigenvalue weighted by Gasteiger charge is -2.07. The number of phenolic OH excluding ortho intramolecular Hbond substituents is 1. The van der Waals surface area contributed by atoms with E-state index in [9.17, 15) is 10.4 Å². The van der Waals surface area contributed by atoms with Crippen molar-refractivity contribution in [1.82, 2.24) is 9.97 Å². The average Bonchev–Trinajstić information content (AvgIpc) is 2.99. The molecule has 0 aliphatic rings. The van der Waals surface area contributed by atoms with Gasteiger partial charge < -0.3 is 14.8 Å². The van der Waals surface area contributed by atoms with Gasteiger partial charge in [0.2, 0.25) is 0 Å². The molecule has 126 valence electrons. The summed E-state index contributed by atoms with van der Waals surface area (Å²) in [5, 5.41) is 19.7. The van der Waals surface area contributed by atoms with Crippen molar-refractivity contribution in [2.45, 2.75) is 13.8 Å². The van der Waals surface area contributed by atoms with E-state index in [0.717, 1.165) is 22.2 Å². The zero-order valence-electron chi connectivity index (χ0n) is 14.0. The Kier molecular flexibility index (Phi) is 4.51. The first-order chi connectivity index (χ1) is 11.9. The maximum atomic E-state index is 10.1. The molecule has 0 aliphatic heterocycles. The second-order valence-corrected chi connectivity index (χ2v) is 6.52. The summed E-state index contributed by atoms with van der Waals surface area (Å²) in [6.07, 6.45) is 1.67. The van der Waals surface area contributed by atoms with Gasteiger partial charge >= 0.3 is 0 Å². The standard InChI is InChI=1S/C19H16BrN3O2/c1-10-6-14-15(7-11(10)2)23-19(22-14)13(9-21)8-12-4-5-16(25-3)18(24)17(12)20/h4-8,24H,1-3H3,(H,22,23)/b13-8-. The first-order valence-electron chi connectivity index (χ1n) is 7.59. The molecule has 1 aromatic heterocycles. The van der Waals surface area contributed by atoms with Crippen LogP contribution in [0, 0.1) is 25.2 Å². The van der Waals surface area contributed by atoms with Crippen LogP contribution in [0.25, 0.3) is 22.7 Å². The van der Waals surface area contributed by atoms with Gasteiger partial charge in [-0.3, -0.25) is 0 Å². The largest absolute Gasteiger partial charge is 0.503 e. The molecule has 0 unspecified atom stereocenters. The Morgan fingerprint density at radius 2 is 2.04 bits per heavy atom. The van der Waals surface area contributed by atoms with Crippen molar-refractivity contribution in [3.63, 3.8) is 0 Å². The highest BCUT2D eigenvalue weighted by molar-refractivity contribution is 9.10. The Morgan fingerprint density at radius 3 is 2.72 bits per heavy atom. The van der Waals surface area contributed by atoms with E-state index in [0.29, 0.717) is 27.2 Å². The number of phenols is 1. The maximum Gasteiger partial charge on any atom is 0.172 e. The summed E-state index contributed by atoms with van der Waals surface area (Å²) in [6, 6.07) is 9.59. The molecule has 0 aliphatic carbocycles. The number of halogens is 1. The molecule has 0 fully saturated rings. The van der Waals surface area contributed by atoms with Crippen LogP contribution >= 0.6 is 15.9 Å². The molecule has 0 spiro atoms. The number of fused-ring (bicyclic) bond motifs is 1. The number of aromatic hydroxyl groups is 1. The number of nitriles is 1. The van der Waals surface area contributed by atoms with Gasteiger partial charge in [0, 0.05) is 0 Å². The number of rotatable bonds is 3. The van der Waals surface area contributed by atoms with Gasteiger partial charge in [-0.25, -0.2) is 4.98 Å². The molecule has 0 saturated heterocycles. The Labute approximate surface area is 153 Å². The molecule has 0 atom stereocenters. The second-order valence-electron chi connectivity index (χ2n) is 5.73. The molecule has 6 heteroatoms. The molecular weight excluding hydrogens is 382 g/mol. The Bertz CT molecular complexity index is 1010. The number of ether oxygens (including phenoxy) is 1. The Balaban J connectivity index is 2.10. The van der Waals surface area contributed by atoms with Gasteiger partial charge in [0.15, 0.2) is 11.5 Å². The number of allylic oxidation sites excluding steroid dienone is 1. The number of aromatic amines is 1. The van der Waals surface area contributed by atoms with Crippen LogP contribution in [-0.4, -0.2) is 22.2 Å². The van der Waals surface area contributed by atoms with Crippen molar-refractivity contribution in [2.75, 3.05) is 7.11 Å². The summed E-state index contributed by atoms with van der Waals surface area (Å²) >= 11 is 3.34. The van der Waals surface area contributed by atoms with Crippen LogP contribution in [0.4, 0.5) is 0 Å². The summed E-state index contributed by atoms with van der Waals surface area (Å²) in [5.41, 5.74) is 5.04. The predicted molar refractivity (Wildman–Crippen MR) is 101 cm³/mol. The third kappa shape index (κ3) is 3.11. The number of H-pyrrole nitrogens is 1. The summed E-state index contributed by atoms with van der Waals surface area (Å²) in [4.78, 5) is 7.71. The van der Waals surface area contributed by atoms with Crippen LogP contribution in [0.2, 0.25) is 0 Å². The average molecular weight is 398 g/mol. The highest BCUT2D eigenvalue weighted by atomic mass is 79.9. The smallest absolute Gasteiger partial charge is 0.172 e. The highest BCUT2D eigenvalue weighted by Gasteiger charge is 2.13. The van der Waals surface area contributed by atoms with Gasteiger partial charge in [-0.15, -0.1) is 0 Å². The molecule has 25 heavy (non-hydrogen) atoms. The first kappa shape index (κ1) is 17.1. The lowest BCUT2D eigenvalue weighted by molar-refractivity contribution is 0.372. The van der Waals surface area contributed by atoms with Crippen molar-refractivity contribution < 1.29 is 9.84 Å². The van der Waals surface area contributed by atoms with Gasteiger partial charge in [0.1, 0.15) is 11.9 Å². The fraction of sp³-hybridized carbons (Fsp3) is 0.158. The van der Waals surface area contributed by atoms with E-state index in [1.165, 1.54) is 7.11 Å². The van der Waals surface area contributed by atoms with Gasteiger partial charge in [-0.05, 0) is 76.8 Å². The van der Waals surface area contributed by atoms with Gasteiger partial charge in [-0.1, -0.05) is 0 Å². The molecule has 0 amide bonds. The quantitative estimate of drug-likeness (QED) is 0.626. The van der Waals surface area contributed by atoms with Crippen LogP contribution in [0.1, 0.15) is 22.5 Å². The van der Waals surface area contributed by atoms with Crippen LogP contribution in [0.15, 0.2) is 28.7 Å². The maximum absolute atomic E-state index is 10.1. The number of nitrogens with zero attached hydrogens (tertiary/aromatic N) is 2. The third-order valence-electron chi connectivity index (χ3n) is 4.10. The minimum atomic E-state index is -0.00982. The molecule has 2 N–H and O–H groups in total. The normalized spacial score (nSPS) is 11.6. The minimum absolute atomic E-state index is 0.00982. The summed E-state index contributed by atoms with van der Waals surface area (Å²) in [7, 11) is 1.48. The summed E-state index contributed by atoms with van der Waals surface area (Å²) in [6.45, 7) is 4.06. The van der Waals surface area contributed by atoms with Gasteiger partial charge in [0.05, 0.1) is 28.2 Å². The molecular formula is C19H16BrN3O2. The molecule has 5 nitrogen and oxygen atoms in total. The number of methoxy groups -OCH3 is 1. The molecule has 2 aromatic carbocycles. The second kappa shape index (κ2) is 6.61. The fourth-order valence-electron chi connectivity index (χ4n) is 2.54. The topological polar surface area (TPSA) is 81.9 Å². The van der Waals surface area contributed by atoms with E-state index < -0.39 is 0 Å². The lowest BCUT2D eigenvalue weighted by atomic mass is 10.1. The third-order valence-corrected chi connectivity index (χ3v) is 4.94. The van der Waals surface area contributed by atoms with Crippen LogP contribution in [0.3, 0.4) is 0 Å². The summed E-state index contributed by atoms with van der Waals surface area (Å²) in [5.74, 6) is 0.839. The van der Waals surface area contributed by atoms with E-state index in [1.807, 2.05) is 26.0 Å². The van der Waals surface area contributed by atoms with Crippen molar-refractivity contribution in [3.05, 3.63) is 51.3 Å². The molecule has 3 aromatic rings. The van der Waals surface area contributed by atoms with Crippen molar-refractivity contribution in [3.8, 4) is 17.6 Å². The van der Waals surface area contributed by atoms with E-state index >= 15 is 0 Å². The number of benzene rings is 2. The first-order valence-corrected chi connectivity index (χ1v) is 8.38. The summed E-state index contributed by atoms with van der Waals surface area (Å²) < 4.78 is 5.54. The number of imidazole rings is 1. The van der Waals surface area contributed by atoms with E-state index in [2.05, 4.69) is 32.0 Å². The monoisotopic (exact) mass is 397 g/mol. The van der Waals surface area contributed by atoms with Crippen molar-refractivity contribution >= 4 is 38.6 Å². The zero-order chi connectivity index (χ0) is 18.1. The van der Waals surface area contributed by atoms with E-state index in [-0.39, 0.29) is 5.75 Å². The van der Waals surface area contributed by atoms with Crippen LogP contribution in [-0.2, 0) is 0 Å². The number of hydrogen-bond donors (Lipinski definition) is 2. The van der Waals surface area contributed by atoms with Gasteiger partial charge in [0.25, 0.3) is 0 Å². The molecule has 1 heterocycles. The molecule has 0 saturated carbocycles. The zero-order valence-corrected chi connectivity index (χ0v) is 15.6. The number of nitrogens with one attached hydrogen (secondary N) is 1. The number of aryl methyl sites for hydroxylation is 2. The number of hydrogen-bond acceptors (Lipinski definition) is 4. The minimum Gasteiger partial charge on any atom is -0.503 e. The van der Waals surface area contributed by atoms with Crippen molar-refractivity contribution in [1.29, 1.82) is 5.26 Å². The Hall–Kier alpha value is -2.78. The molecule has 0 radical (unpaired) electrons. The van der Waals surface area contributed by atoms with E-state index in [4.69, 9.17) is 4.74 Å². The lowest BCUT2D eigenvalue weighted by Crippen LogP contribution is -1.88. The van der Waals surface area contributed by atoms with Crippen molar-refractivity contribution in [2.24, 2.45) is 0 Å². The Morgan fingerprint density at radius 1 is 1.32 bits per heavy atom. The van der Waals surface area contributed by atoms with E-state index in [1.54, 1.807) is 18.2 Å². The molecule has 0 bridgehead atoms. The predicted octanol–water partition coefficient (Wildman–Crippen LogP) is 4.72. The number of aromatic nitrogens is 2. The SMILES string of the molecule is COc1ccc(/C=C(/C#N)c2nc3cc(C)c(C)cc3[nH]2)c(Br)c1O. The fourth-order valence-corrected chi connectivity index (χ4v) is 2.99. The highest BCUT2D eigenvalue weighted by Crippen LogP contribution is 2.37.